The molecule has 1 saturated heterocycles. The summed E-state index contributed by atoms with van der Waals surface area (Å²) in [6.45, 7) is 2.39. The molecule has 82 valence electrons. The highest BCUT2D eigenvalue weighted by molar-refractivity contribution is 5.03. The lowest BCUT2D eigenvalue weighted by Gasteiger charge is -2.29. The average Bonchev–Trinajstić information content (AvgIpc) is 2.29. The highest BCUT2D eigenvalue weighted by Gasteiger charge is 2.21. The number of likely N-dealkylation sites (N-methyl/N-ethyl adjacent to an activating group) is 1. The first-order valence-electron chi connectivity index (χ1n) is 5.02. The third-order valence-electron chi connectivity index (χ3n) is 2.45. The Morgan fingerprint density at radius 1 is 1.67 bits per heavy atom. The van der Waals surface area contributed by atoms with Crippen molar-refractivity contribution in [3.05, 3.63) is 23.8 Å². The lowest BCUT2D eigenvalue weighted by atomic mass is 10.2. The predicted octanol–water partition coefficient (Wildman–Crippen LogP) is -0.0280. The van der Waals surface area contributed by atoms with Crippen LogP contribution >= 0.6 is 0 Å². The summed E-state index contributed by atoms with van der Waals surface area (Å²) in [5, 5.41) is 8.97. The molecule has 1 N–H and O–H groups in total. The van der Waals surface area contributed by atoms with Crippen molar-refractivity contribution in [3.8, 4) is 0 Å². The van der Waals surface area contributed by atoms with Crippen LogP contribution in [0.1, 0.15) is 17.6 Å². The fourth-order valence-corrected chi connectivity index (χ4v) is 1.59. The first-order valence-corrected chi connectivity index (χ1v) is 5.02. The summed E-state index contributed by atoms with van der Waals surface area (Å²) in [7, 11) is 2.05. The molecule has 2 heterocycles. The molecule has 1 aromatic heterocycles. The van der Waals surface area contributed by atoms with Crippen molar-refractivity contribution in [2.24, 2.45) is 0 Å². The third-order valence-corrected chi connectivity index (χ3v) is 2.45. The summed E-state index contributed by atoms with van der Waals surface area (Å²) in [6, 6.07) is 1.70. The quantitative estimate of drug-likeness (QED) is 0.741. The predicted molar refractivity (Wildman–Crippen MR) is 54.1 cm³/mol. The van der Waals surface area contributed by atoms with Gasteiger partial charge < -0.3 is 14.7 Å². The first kappa shape index (κ1) is 10.5. The second kappa shape index (κ2) is 4.65. The van der Waals surface area contributed by atoms with E-state index in [1.807, 2.05) is 7.05 Å². The van der Waals surface area contributed by atoms with Crippen molar-refractivity contribution in [3.63, 3.8) is 0 Å². The molecule has 0 aliphatic carbocycles. The van der Waals surface area contributed by atoms with Gasteiger partial charge in [0.25, 0.3) is 0 Å². The Kier molecular flexibility index (Phi) is 3.25. The molecule has 2 rings (SSSR count). The summed E-state index contributed by atoms with van der Waals surface area (Å²) in [5.74, 6) is 0.660. The van der Waals surface area contributed by atoms with E-state index < -0.39 is 0 Å². The molecule has 5 heteroatoms. The fourth-order valence-electron chi connectivity index (χ4n) is 1.59. The van der Waals surface area contributed by atoms with E-state index in [0.717, 1.165) is 13.1 Å². The van der Waals surface area contributed by atoms with Gasteiger partial charge in [-0.1, -0.05) is 0 Å². The van der Waals surface area contributed by atoms with E-state index in [1.54, 1.807) is 12.3 Å². The number of aliphatic hydroxyl groups excluding tert-OH is 1. The minimum absolute atomic E-state index is 0.0575. The number of nitrogens with zero attached hydrogens (tertiary/aromatic N) is 3. The highest BCUT2D eigenvalue weighted by Crippen LogP contribution is 2.17. The van der Waals surface area contributed by atoms with Crippen molar-refractivity contribution in [2.45, 2.75) is 12.7 Å². The maximum atomic E-state index is 8.97. The number of morpholine rings is 1. The number of hydrogen-bond acceptors (Lipinski definition) is 5. The van der Waals surface area contributed by atoms with E-state index in [-0.39, 0.29) is 12.7 Å². The van der Waals surface area contributed by atoms with Crippen LogP contribution in [0.5, 0.6) is 0 Å². The number of aliphatic hydroxyl groups is 1. The van der Waals surface area contributed by atoms with Crippen molar-refractivity contribution < 1.29 is 9.84 Å². The van der Waals surface area contributed by atoms with Gasteiger partial charge in [-0.3, -0.25) is 0 Å². The van der Waals surface area contributed by atoms with Gasteiger partial charge in [-0.15, -0.1) is 0 Å². The SMILES string of the molecule is CN1CCO[C@@H](c2nccc(CO)n2)C1. The molecule has 0 spiro atoms. The molecule has 0 unspecified atom stereocenters. The van der Waals surface area contributed by atoms with Crippen LogP contribution in [-0.4, -0.2) is 46.7 Å². The summed E-state index contributed by atoms with van der Waals surface area (Å²) in [4.78, 5) is 10.6. The van der Waals surface area contributed by atoms with Crippen molar-refractivity contribution in [2.75, 3.05) is 26.7 Å². The van der Waals surface area contributed by atoms with Crippen molar-refractivity contribution in [1.82, 2.24) is 14.9 Å². The minimum Gasteiger partial charge on any atom is -0.390 e. The largest absolute Gasteiger partial charge is 0.390 e. The van der Waals surface area contributed by atoms with Crippen LogP contribution in [0, 0.1) is 0 Å². The highest BCUT2D eigenvalue weighted by atomic mass is 16.5. The summed E-state index contributed by atoms with van der Waals surface area (Å²) in [6.07, 6.45) is 1.58. The third kappa shape index (κ3) is 2.50. The molecular weight excluding hydrogens is 194 g/mol. The van der Waals surface area contributed by atoms with Crippen LogP contribution in [0.3, 0.4) is 0 Å². The zero-order valence-corrected chi connectivity index (χ0v) is 8.76. The second-order valence-corrected chi connectivity index (χ2v) is 3.69. The van der Waals surface area contributed by atoms with Crippen LogP contribution in [0.2, 0.25) is 0 Å². The van der Waals surface area contributed by atoms with Crippen LogP contribution in [0.15, 0.2) is 12.3 Å². The van der Waals surface area contributed by atoms with Crippen molar-refractivity contribution >= 4 is 0 Å². The average molecular weight is 209 g/mol. The van der Waals surface area contributed by atoms with Crippen LogP contribution in [0.25, 0.3) is 0 Å². The molecule has 0 bridgehead atoms. The number of aromatic nitrogens is 2. The van der Waals surface area contributed by atoms with Gasteiger partial charge in [0.1, 0.15) is 6.10 Å². The molecule has 1 fully saturated rings. The maximum Gasteiger partial charge on any atom is 0.158 e. The molecule has 1 aliphatic heterocycles. The molecular formula is C10H15N3O2. The van der Waals surface area contributed by atoms with Gasteiger partial charge in [0.2, 0.25) is 0 Å². The molecule has 1 aromatic rings. The molecule has 0 amide bonds. The molecule has 5 nitrogen and oxygen atoms in total. The van der Waals surface area contributed by atoms with Gasteiger partial charge in [-0.2, -0.15) is 0 Å². The van der Waals surface area contributed by atoms with E-state index in [9.17, 15) is 0 Å². The molecule has 0 aromatic carbocycles. The fraction of sp³-hybridized carbons (Fsp3) is 0.600. The monoisotopic (exact) mass is 209 g/mol. The standard InChI is InChI=1S/C10H15N3O2/c1-13-4-5-15-9(6-13)10-11-3-2-8(7-14)12-10/h2-3,9,14H,4-7H2,1H3/t9-/m1/s1. The Bertz CT molecular complexity index is 332. The van der Waals surface area contributed by atoms with E-state index in [4.69, 9.17) is 9.84 Å². The minimum atomic E-state index is -0.0738. The Labute approximate surface area is 88.7 Å². The van der Waals surface area contributed by atoms with Crippen molar-refractivity contribution in [1.29, 1.82) is 0 Å². The van der Waals surface area contributed by atoms with E-state index in [0.29, 0.717) is 18.1 Å². The molecule has 1 aliphatic rings. The topological polar surface area (TPSA) is 58.5 Å². The molecule has 1 atom stereocenters. The first-order chi connectivity index (χ1) is 7.29. The van der Waals surface area contributed by atoms with Gasteiger partial charge in [-0.25, -0.2) is 9.97 Å². The lowest BCUT2D eigenvalue weighted by Crippen LogP contribution is -2.36. The normalized spacial score (nSPS) is 22.9. The zero-order chi connectivity index (χ0) is 10.7. The second-order valence-electron chi connectivity index (χ2n) is 3.69. The van der Waals surface area contributed by atoms with Gasteiger partial charge in [-0.05, 0) is 13.1 Å². The Morgan fingerprint density at radius 3 is 3.27 bits per heavy atom. The van der Waals surface area contributed by atoms with Crippen LogP contribution < -0.4 is 0 Å². The maximum absolute atomic E-state index is 8.97. The van der Waals surface area contributed by atoms with E-state index in [2.05, 4.69) is 14.9 Å². The summed E-state index contributed by atoms with van der Waals surface area (Å²) < 4.78 is 5.59. The number of ether oxygens (including phenoxy) is 1. The Hall–Kier alpha value is -1.04. The summed E-state index contributed by atoms with van der Waals surface area (Å²) >= 11 is 0. The van der Waals surface area contributed by atoms with E-state index in [1.165, 1.54) is 0 Å². The van der Waals surface area contributed by atoms with Gasteiger partial charge in [0, 0.05) is 19.3 Å². The smallest absolute Gasteiger partial charge is 0.158 e. The zero-order valence-electron chi connectivity index (χ0n) is 8.76. The van der Waals surface area contributed by atoms with Crippen LogP contribution in [0.4, 0.5) is 0 Å². The Balaban J connectivity index is 2.13. The van der Waals surface area contributed by atoms with Crippen LogP contribution in [-0.2, 0) is 11.3 Å². The van der Waals surface area contributed by atoms with Gasteiger partial charge in [0.05, 0.1) is 18.9 Å². The molecule has 0 radical (unpaired) electrons. The molecule has 15 heavy (non-hydrogen) atoms. The van der Waals surface area contributed by atoms with Gasteiger partial charge in [0.15, 0.2) is 5.82 Å². The summed E-state index contributed by atoms with van der Waals surface area (Å²) in [5.41, 5.74) is 0.636. The van der Waals surface area contributed by atoms with Gasteiger partial charge >= 0.3 is 0 Å². The lowest BCUT2D eigenvalue weighted by molar-refractivity contribution is -0.0256. The molecule has 0 saturated carbocycles. The number of rotatable bonds is 2. The number of hydrogen-bond donors (Lipinski definition) is 1. The Morgan fingerprint density at radius 2 is 2.53 bits per heavy atom. The van der Waals surface area contributed by atoms with E-state index >= 15 is 0 Å².